The Morgan fingerprint density at radius 3 is 2.50 bits per heavy atom. The fraction of sp³-hybridized carbons (Fsp3) is 0.667. The molecule has 3 heteroatoms. The Balaban J connectivity index is 1.43. The topological polar surface area (TPSA) is 28.2 Å². The second-order valence-electron chi connectivity index (χ2n) is 6.37. The lowest BCUT2D eigenvalue weighted by molar-refractivity contribution is 0.220. The molecule has 0 bridgehead atoms. The smallest absolute Gasteiger partial charge is 0.128 e. The minimum absolute atomic E-state index is 0.665. The van der Waals surface area contributed by atoms with E-state index in [1.807, 2.05) is 0 Å². The zero-order valence-corrected chi connectivity index (χ0v) is 10.9. The largest absolute Gasteiger partial charge is 0.355 e. The van der Waals surface area contributed by atoms with Gasteiger partial charge in [0.05, 0.1) is 0 Å². The van der Waals surface area contributed by atoms with Gasteiger partial charge in [-0.2, -0.15) is 0 Å². The van der Waals surface area contributed by atoms with Crippen LogP contribution in [0.15, 0.2) is 18.3 Å². The molecular formula is C15H21N3. The van der Waals surface area contributed by atoms with Gasteiger partial charge in [-0.15, -0.1) is 0 Å². The van der Waals surface area contributed by atoms with Crippen molar-refractivity contribution < 1.29 is 0 Å². The number of pyridine rings is 1. The van der Waals surface area contributed by atoms with Gasteiger partial charge in [-0.25, -0.2) is 4.98 Å². The second-order valence-corrected chi connectivity index (χ2v) is 6.37. The molecule has 0 aromatic carbocycles. The third-order valence-corrected chi connectivity index (χ3v) is 5.06. The molecule has 18 heavy (non-hydrogen) atoms. The predicted octanol–water partition coefficient (Wildman–Crippen LogP) is 2.15. The molecule has 3 nitrogen and oxygen atoms in total. The summed E-state index contributed by atoms with van der Waals surface area (Å²) in [5.74, 6) is 1.88. The van der Waals surface area contributed by atoms with Gasteiger partial charge in [0.15, 0.2) is 0 Å². The van der Waals surface area contributed by atoms with Crippen molar-refractivity contribution in [3.8, 4) is 0 Å². The maximum atomic E-state index is 4.66. The summed E-state index contributed by atoms with van der Waals surface area (Å²) in [4.78, 5) is 7.11. The van der Waals surface area contributed by atoms with Crippen molar-refractivity contribution in [2.75, 3.05) is 31.1 Å². The number of nitrogens with zero attached hydrogens (tertiary/aromatic N) is 2. The van der Waals surface area contributed by atoms with Crippen LogP contribution in [0.3, 0.4) is 0 Å². The Morgan fingerprint density at radius 1 is 1.17 bits per heavy atom. The average Bonchev–Trinajstić information content (AvgIpc) is 2.75. The van der Waals surface area contributed by atoms with Gasteiger partial charge in [0, 0.05) is 43.7 Å². The van der Waals surface area contributed by atoms with E-state index in [4.69, 9.17) is 0 Å². The Kier molecular flexibility index (Phi) is 2.37. The summed E-state index contributed by atoms with van der Waals surface area (Å²) < 4.78 is 0. The second kappa shape index (κ2) is 3.95. The molecule has 1 aromatic heterocycles. The summed E-state index contributed by atoms with van der Waals surface area (Å²) in [5.41, 5.74) is 2.06. The molecule has 1 spiro atoms. The molecule has 1 aromatic rings. The maximum absolute atomic E-state index is 4.66. The Morgan fingerprint density at radius 2 is 1.94 bits per heavy atom. The van der Waals surface area contributed by atoms with Crippen molar-refractivity contribution in [1.82, 2.24) is 10.3 Å². The molecule has 2 saturated heterocycles. The number of nitrogens with one attached hydrogen (secondary N) is 1. The highest BCUT2D eigenvalue weighted by molar-refractivity contribution is 5.44. The standard InChI is InChI=1S/C15H21N3/c1-2-6-15(5-1)10-18(11-15)14-4-3-12(9-17-14)13-7-16-8-13/h3-4,9,13,16H,1-2,5-8,10-11H2. The van der Waals surface area contributed by atoms with Crippen LogP contribution in [0, 0.1) is 5.41 Å². The molecule has 0 unspecified atom stereocenters. The molecule has 1 N–H and O–H groups in total. The van der Waals surface area contributed by atoms with Crippen LogP contribution >= 0.6 is 0 Å². The molecule has 0 radical (unpaired) electrons. The van der Waals surface area contributed by atoms with Gasteiger partial charge in [0.1, 0.15) is 5.82 Å². The van der Waals surface area contributed by atoms with Gasteiger partial charge in [-0.05, 0) is 24.5 Å². The molecule has 1 aliphatic carbocycles. The fourth-order valence-corrected chi connectivity index (χ4v) is 3.72. The molecule has 3 fully saturated rings. The molecular weight excluding hydrogens is 222 g/mol. The fourth-order valence-electron chi connectivity index (χ4n) is 3.72. The summed E-state index contributed by atoms with van der Waals surface area (Å²) in [7, 11) is 0. The molecule has 4 rings (SSSR count). The molecule has 96 valence electrons. The summed E-state index contributed by atoms with van der Waals surface area (Å²) >= 11 is 0. The third kappa shape index (κ3) is 1.64. The van der Waals surface area contributed by atoms with E-state index in [0.29, 0.717) is 11.3 Å². The number of anilines is 1. The quantitative estimate of drug-likeness (QED) is 0.862. The van der Waals surface area contributed by atoms with E-state index in [1.54, 1.807) is 0 Å². The van der Waals surface area contributed by atoms with Crippen LogP contribution in [0.4, 0.5) is 5.82 Å². The maximum Gasteiger partial charge on any atom is 0.128 e. The lowest BCUT2D eigenvalue weighted by Gasteiger charge is -2.49. The normalized spacial score (nSPS) is 26.1. The van der Waals surface area contributed by atoms with Crippen molar-refractivity contribution in [2.24, 2.45) is 5.41 Å². The first-order valence-electron chi connectivity index (χ1n) is 7.26. The average molecular weight is 243 g/mol. The Bertz CT molecular complexity index is 422. The van der Waals surface area contributed by atoms with E-state index in [0.717, 1.165) is 13.1 Å². The van der Waals surface area contributed by atoms with Gasteiger partial charge >= 0.3 is 0 Å². The molecule has 0 amide bonds. The van der Waals surface area contributed by atoms with E-state index in [1.165, 1.54) is 50.2 Å². The SMILES string of the molecule is c1cc(N2CC3(CCCC3)C2)ncc1C1CNC1. The summed E-state index contributed by atoms with van der Waals surface area (Å²) in [6.07, 6.45) is 7.84. The van der Waals surface area contributed by atoms with Crippen LogP contribution in [0.1, 0.15) is 37.2 Å². The summed E-state index contributed by atoms with van der Waals surface area (Å²) in [6, 6.07) is 4.49. The minimum atomic E-state index is 0.665. The number of rotatable bonds is 2. The highest BCUT2D eigenvalue weighted by atomic mass is 15.3. The van der Waals surface area contributed by atoms with E-state index in [-0.39, 0.29) is 0 Å². The van der Waals surface area contributed by atoms with Gasteiger partial charge < -0.3 is 10.2 Å². The van der Waals surface area contributed by atoms with E-state index in [2.05, 4.69) is 33.5 Å². The predicted molar refractivity (Wildman–Crippen MR) is 73.0 cm³/mol. The highest BCUT2D eigenvalue weighted by Gasteiger charge is 2.45. The Hall–Kier alpha value is -1.09. The zero-order chi connectivity index (χ0) is 12.0. The van der Waals surface area contributed by atoms with Gasteiger partial charge in [0.2, 0.25) is 0 Å². The summed E-state index contributed by atoms with van der Waals surface area (Å²) in [5, 5.41) is 3.31. The molecule has 3 aliphatic rings. The van der Waals surface area contributed by atoms with E-state index < -0.39 is 0 Å². The van der Waals surface area contributed by atoms with Crippen molar-refractivity contribution in [3.05, 3.63) is 23.9 Å². The third-order valence-electron chi connectivity index (χ3n) is 5.06. The van der Waals surface area contributed by atoms with Crippen molar-refractivity contribution >= 4 is 5.82 Å². The van der Waals surface area contributed by atoms with Crippen LogP contribution in [-0.2, 0) is 0 Å². The van der Waals surface area contributed by atoms with Crippen LogP contribution in [-0.4, -0.2) is 31.2 Å². The van der Waals surface area contributed by atoms with Crippen molar-refractivity contribution in [2.45, 2.75) is 31.6 Å². The lowest BCUT2D eigenvalue weighted by atomic mass is 9.78. The summed E-state index contributed by atoms with van der Waals surface area (Å²) in [6.45, 7) is 4.72. The van der Waals surface area contributed by atoms with Crippen LogP contribution in [0.25, 0.3) is 0 Å². The van der Waals surface area contributed by atoms with E-state index in [9.17, 15) is 0 Å². The van der Waals surface area contributed by atoms with E-state index >= 15 is 0 Å². The van der Waals surface area contributed by atoms with Crippen molar-refractivity contribution in [3.63, 3.8) is 0 Å². The van der Waals surface area contributed by atoms with Crippen LogP contribution in [0.5, 0.6) is 0 Å². The molecule has 1 saturated carbocycles. The molecule has 2 aliphatic heterocycles. The lowest BCUT2D eigenvalue weighted by Crippen LogP contribution is -2.55. The van der Waals surface area contributed by atoms with Gasteiger partial charge in [-0.3, -0.25) is 0 Å². The molecule has 3 heterocycles. The number of hydrogen-bond donors (Lipinski definition) is 1. The highest BCUT2D eigenvalue weighted by Crippen LogP contribution is 2.46. The van der Waals surface area contributed by atoms with Crippen molar-refractivity contribution in [1.29, 1.82) is 0 Å². The first-order valence-corrected chi connectivity index (χ1v) is 7.26. The van der Waals surface area contributed by atoms with Crippen LogP contribution in [0.2, 0.25) is 0 Å². The monoisotopic (exact) mass is 243 g/mol. The number of hydrogen-bond acceptors (Lipinski definition) is 3. The van der Waals surface area contributed by atoms with Crippen LogP contribution < -0.4 is 10.2 Å². The zero-order valence-electron chi connectivity index (χ0n) is 10.9. The first-order chi connectivity index (χ1) is 8.85. The molecule has 0 atom stereocenters. The Labute approximate surface area is 109 Å². The van der Waals surface area contributed by atoms with Gasteiger partial charge in [-0.1, -0.05) is 18.9 Å². The van der Waals surface area contributed by atoms with Gasteiger partial charge in [0.25, 0.3) is 0 Å². The minimum Gasteiger partial charge on any atom is -0.355 e. The number of aromatic nitrogens is 1. The first kappa shape index (κ1) is 10.8.